The highest BCUT2D eigenvalue weighted by Gasteiger charge is 2.39. The highest BCUT2D eigenvalue weighted by Crippen LogP contribution is 2.39. The van der Waals surface area contributed by atoms with Crippen LogP contribution in [-0.2, 0) is 9.59 Å². The third-order valence-corrected chi connectivity index (χ3v) is 7.22. The summed E-state index contributed by atoms with van der Waals surface area (Å²) >= 11 is 10.5. The minimum Gasteiger partial charge on any atom is -0.478 e. The molecular weight excluding hydrogens is 524 g/mol. The van der Waals surface area contributed by atoms with Gasteiger partial charge in [-0.15, -0.1) is 0 Å². The van der Waals surface area contributed by atoms with E-state index in [1.165, 1.54) is 16.8 Å². The highest BCUT2D eigenvalue weighted by molar-refractivity contribution is 7.80. The highest BCUT2D eigenvalue weighted by atomic mass is 35.5. The van der Waals surface area contributed by atoms with Crippen LogP contribution in [0.4, 0.5) is 11.4 Å². The van der Waals surface area contributed by atoms with Crippen LogP contribution < -0.4 is 10.6 Å². The van der Waals surface area contributed by atoms with E-state index in [4.69, 9.17) is 22.3 Å². The lowest BCUT2D eigenvalue weighted by Crippen LogP contribution is -2.52. The zero-order valence-corrected chi connectivity index (χ0v) is 22.7. The van der Waals surface area contributed by atoms with Gasteiger partial charge >= 0.3 is 5.97 Å². The van der Waals surface area contributed by atoms with E-state index in [1.54, 1.807) is 44.2 Å². The number of fused-ring (bicyclic) bond motifs is 1. The molecule has 1 heterocycles. The summed E-state index contributed by atoms with van der Waals surface area (Å²) in [5.74, 6) is -2.26. The molecule has 0 aliphatic carbocycles. The van der Waals surface area contributed by atoms with E-state index in [0.29, 0.717) is 33.1 Å². The molecule has 196 valence electrons. The quantitative estimate of drug-likeness (QED) is 0.398. The lowest BCUT2D eigenvalue weighted by molar-refractivity contribution is -0.137. The fourth-order valence-corrected chi connectivity index (χ4v) is 4.75. The Labute approximate surface area is 231 Å². The van der Waals surface area contributed by atoms with Crippen molar-refractivity contribution in [2.45, 2.75) is 26.1 Å². The Morgan fingerprint density at radius 1 is 1.13 bits per heavy atom. The predicted molar refractivity (Wildman–Crippen MR) is 152 cm³/mol. The Hall–Kier alpha value is -3.66. The number of hydrogen-bond acceptors (Lipinski definition) is 6. The lowest BCUT2D eigenvalue weighted by atomic mass is 9.97. The SMILES string of the molecule is Cc1ccc(N2C(=O)C(N(C)C(=O)C(N)CS)N=C(c3ccccc3)c3cc(Cl)ccc32)c(C(=O)O)c1C. The van der Waals surface area contributed by atoms with Crippen molar-refractivity contribution in [1.82, 2.24) is 4.90 Å². The lowest BCUT2D eigenvalue weighted by Gasteiger charge is -2.31. The molecule has 2 atom stereocenters. The third-order valence-electron chi connectivity index (χ3n) is 6.59. The topological polar surface area (TPSA) is 116 Å². The number of aliphatic imine (C=N–C) groups is 1. The average molecular weight is 551 g/mol. The van der Waals surface area contributed by atoms with Gasteiger partial charge in [-0.25, -0.2) is 9.79 Å². The van der Waals surface area contributed by atoms with E-state index in [9.17, 15) is 19.5 Å². The van der Waals surface area contributed by atoms with Crippen LogP contribution in [0, 0.1) is 13.8 Å². The van der Waals surface area contributed by atoms with Crippen LogP contribution in [0.1, 0.15) is 32.6 Å². The molecule has 0 saturated heterocycles. The Balaban J connectivity index is 2.07. The van der Waals surface area contributed by atoms with Gasteiger partial charge < -0.3 is 15.7 Å². The first kappa shape index (κ1) is 27.4. The fourth-order valence-electron chi connectivity index (χ4n) is 4.42. The van der Waals surface area contributed by atoms with Gasteiger partial charge in [-0.2, -0.15) is 12.6 Å². The normalized spacial score (nSPS) is 15.8. The summed E-state index contributed by atoms with van der Waals surface area (Å²) in [4.78, 5) is 47.2. The minimum absolute atomic E-state index is 0.0257. The van der Waals surface area contributed by atoms with Gasteiger partial charge in [0.1, 0.15) is 0 Å². The Kier molecular flexibility index (Phi) is 7.91. The number of rotatable bonds is 6. The number of benzene rings is 3. The molecule has 3 N–H and O–H groups in total. The number of carbonyl (C=O) groups excluding carboxylic acids is 2. The molecule has 0 bridgehead atoms. The van der Waals surface area contributed by atoms with E-state index in [1.807, 2.05) is 30.3 Å². The van der Waals surface area contributed by atoms with Gasteiger partial charge in [0.15, 0.2) is 0 Å². The number of benzodiazepines with no additional fused rings is 1. The summed E-state index contributed by atoms with van der Waals surface area (Å²) in [7, 11) is 1.44. The molecule has 8 nitrogen and oxygen atoms in total. The maximum absolute atomic E-state index is 14.3. The number of thiol groups is 1. The zero-order valence-electron chi connectivity index (χ0n) is 21.1. The van der Waals surface area contributed by atoms with Crippen molar-refractivity contribution < 1.29 is 19.5 Å². The number of amides is 2. The molecule has 0 saturated carbocycles. The van der Waals surface area contributed by atoms with Gasteiger partial charge in [-0.3, -0.25) is 14.5 Å². The number of aromatic carboxylic acids is 1. The van der Waals surface area contributed by atoms with Crippen molar-refractivity contribution in [1.29, 1.82) is 0 Å². The largest absolute Gasteiger partial charge is 0.478 e. The van der Waals surface area contributed by atoms with Crippen molar-refractivity contribution in [3.05, 3.63) is 93.5 Å². The number of carbonyl (C=O) groups is 3. The molecule has 1 aliphatic heterocycles. The van der Waals surface area contributed by atoms with Gasteiger partial charge in [0.05, 0.1) is 28.7 Å². The van der Waals surface area contributed by atoms with Gasteiger partial charge in [-0.05, 0) is 49.2 Å². The van der Waals surface area contributed by atoms with Gasteiger partial charge in [0, 0.05) is 29.0 Å². The van der Waals surface area contributed by atoms with Crippen molar-refractivity contribution in [2.75, 3.05) is 17.7 Å². The zero-order chi connectivity index (χ0) is 27.7. The van der Waals surface area contributed by atoms with Gasteiger partial charge in [-0.1, -0.05) is 48.0 Å². The first-order chi connectivity index (χ1) is 18.1. The molecule has 0 radical (unpaired) electrons. The number of hydrogen-bond donors (Lipinski definition) is 3. The summed E-state index contributed by atoms with van der Waals surface area (Å²) in [6.45, 7) is 3.49. The van der Waals surface area contributed by atoms with Crippen molar-refractivity contribution in [3.8, 4) is 0 Å². The summed E-state index contributed by atoms with van der Waals surface area (Å²) < 4.78 is 0. The van der Waals surface area contributed by atoms with Crippen LogP contribution in [0.5, 0.6) is 0 Å². The van der Waals surface area contributed by atoms with Gasteiger partial charge in [0.25, 0.3) is 5.91 Å². The fraction of sp³-hybridized carbons (Fsp3) is 0.214. The molecule has 3 aromatic rings. The average Bonchev–Trinajstić information content (AvgIpc) is 3.03. The number of nitrogens with two attached hydrogens (primary N) is 1. The molecule has 3 aromatic carbocycles. The van der Waals surface area contributed by atoms with Crippen LogP contribution in [-0.4, -0.2) is 58.5 Å². The van der Waals surface area contributed by atoms with Crippen LogP contribution in [0.15, 0.2) is 65.7 Å². The van der Waals surface area contributed by atoms with E-state index in [-0.39, 0.29) is 17.0 Å². The van der Waals surface area contributed by atoms with Crippen molar-refractivity contribution in [3.63, 3.8) is 0 Å². The number of nitrogens with zero attached hydrogens (tertiary/aromatic N) is 3. The van der Waals surface area contributed by atoms with Crippen molar-refractivity contribution >= 4 is 59.1 Å². The Morgan fingerprint density at radius 3 is 2.42 bits per heavy atom. The number of aryl methyl sites for hydroxylation is 1. The first-order valence-corrected chi connectivity index (χ1v) is 12.8. The number of carboxylic acids is 1. The van der Waals surface area contributed by atoms with E-state index < -0.39 is 30.0 Å². The minimum atomic E-state index is -1.35. The Morgan fingerprint density at radius 2 is 1.79 bits per heavy atom. The molecule has 0 spiro atoms. The molecule has 10 heteroatoms. The molecule has 0 fully saturated rings. The molecule has 1 aliphatic rings. The summed E-state index contributed by atoms with van der Waals surface area (Å²) in [6, 6.07) is 16.5. The van der Waals surface area contributed by atoms with Gasteiger partial charge in [0.2, 0.25) is 12.1 Å². The maximum atomic E-state index is 14.3. The van der Waals surface area contributed by atoms with E-state index >= 15 is 0 Å². The van der Waals surface area contributed by atoms with Crippen LogP contribution in [0.25, 0.3) is 0 Å². The monoisotopic (exact) mass is 550 g/mol. The van der Waals surface area contributed by atoms with Crippen LogP contribution in [0.3, 0.4) is 0 Å². The Bertz CT molecular complexity index is 1460. The van der Waals surface area contributed by atoms with E-state index in [0.717, 1.165) is 5.56 Å². The standard InChI is InChI=1S/C28H27ClN4O4S/c1-15-9-11-22(23(16(15)2)28(36)37)33-21-12-10-18(29)13-19(21)24(17-7-5-4-6-8-17)31-25(27(33)35)32(3)26(34)20(30)14-38/h4-13,20,25,38H,14,30H2,1-3H3,(H,36,37). The molecule has 4 rings (SSSR count). The molecule has 2 unspecified atom stereocenters. The second-order valence-electron chi connectivity index (χ2n) is 9.00. The number of likely N-dealkylation sites (N-methyl/N-ethyl adjacent to an activating group) is 1. The number of carboxylic acid groups (broad SMARTS) is 1. The van der Waals surface area contributed by atoms with Crippen LogP contribution in [0.2, 0.25) is 5.02 Å². The maximum Gasteiger partial charge on any atom is 0.338 e. The molecular formula is C28H27ClN4O4S. The summed E-state index contributed by atoms with van der Waals surface area (Å²) in [6.07, 6.45) is -1.35. The second kappa shape index (κ2) is 11.0. The van der Waals surface area contributed by atoms with Crippen molar-refractivity contribution in [2.24, 2.45) is 10.7 Å². The molecule has 2 amide bonds. The van der Waals surface area contributed by atoms with Crippen LogP contribution >= 0.6 is 24.2 Å². The smallest absolute Gasteiger partial charge is 0.338 e. The summed E-state index contributed by atoms with van der Waals surface area (Å²) in [5, 5.41) is 10.6. The third kappa shape index (κ3) is 4.92. The number of anilines is 2. The molecule has 0 aromatic heterocycles. The molecule has 38 heavy (non-hydrogen) atoms. The van der Waals surface area contributed by atoms with E-state index in [2.05, 4.69) is 12.6 Å². The summed E-state index contributed by atoms with van der Waals surface area (Å²) in [5.41, 5.74) is 9.38. The number of halogens is 1. The first-order valence-electron chi connectivity index (χ1n) is 11.8. The second-order valence-corrected chi connectivity index (χ2v) is 9.80. The predicted octanol–water partition coefficient (Wildman–Crippen LogP) is 4.21.